The zero-order valence-electron chi connectivity index (χ0n) is 6.84. The van der Waals surface area contributed by atoms with Crippen LogP contribution in [0.5, 0.6) is 11.5 Å². The lowest BCUT2D eigenvalue weighted by Gasteiger charge is -2.04. The van der Waals surface area contributed by atoms with Gasteiger partial charge in [0.05, 0.1) is 0 Å². The van der Waals surface area contributed by atoms with E-state index in [4.69, 9.17) is 0 Å². The zero-order chi connectivity index (χ0) is 9.14. The zero-order valence-corrected chi connectivity index (χ0v) is 8.43. The number of hydrogen-bond acceptors (Lipinski definition) is 2. The minimum absolute atomic E-state index is 0.0958. The van der Waals surface area contributed by atoms with E-state index < -0.39 is 0 Å². The molecule has 2 N–H and O–H groups in total. The van der Waals surface area contributed by atoms with Gasteiger partial charge in [-0.3, -0.25) is 0 Å². The van der Waals surface area contributed by atoms with Gasteiger partial charge in [0.1, 0.15) is 16.0 Å². The highest BCUT2D eigenvalue weighted by atomic mass is 79.9. The average Bonchev–Trinajstić information content (AvgIpc) is 2.01. The molecule has 1 aromatic rings. The van der Waals surface area contributed by atoms with E-state index in [-0.39, 0.29) is 11.5 Å². The molecule has 3 heteroatoms. The molecule has 0 unspecified atom stereocenters. The lowest BCUT2D eigenvalue weighted by atomic mass is 10.1. The van der Waals surface area contributed by atoms with Crippen LogP contribution in [-0.4, -0.2) is 10.2 Å². The maximum atomic E-state index is 9.30. The number of aromatic hydroxyl groups is 2. The van der Waals surface area contributed by atoms with Crippen molar-refractivity contribution >= 4 is 15.9 Å². The lowest BCUT2D eigenvalue weighted by molar-refractivity contribution is 0.443. The van der Waals surface area contributed by atoms with Gasteiger partial charge in [-0.05, 0) is 40.0 Å². The fourth-order valence-corrected chi connectivity index (χ4v) is 1.31. The molecule has 0 spiro atoms. The van der Waals surface area contributed by atoms with E-state index in [2.05, 4.69) is 22.9 Å². The molecule has 1 rings (SSSR count). The summed E-state index contributed by atoms with van der Waals surface area (Å²) in [5, 5.41) is 18.6. The highest BCUT2D eigenvalue weighted by Crippen LogP contribution is 2.34. The fraction of sp³-hybridized carbons (Fsp3) is 0.333. The Morgan fingerprint density at radius 3 is 2.17 bits per heavy atom. The predicted octanol–water partition coefficient (Wildman–Crippen LogP) is 2.81. The van der Waals surface area contributed by atoms with Crippen molar-refractivity contribution in [1.82, 2.24) is 0 Å². The smallest absolute Gasteiger partial charge is 0.133 e. The van der Waals surface area contributed by atoms with Gasteiger partial charge in [-0.25, -0.2) is 0 Å². The molecule has 0 aliphatic rings. The van der Waals surface area contributed by atoms with Crippen LogP contribution in [0.15, 0.2) is 16.6 Å². The van der Waals surface area contributed by atoms with Gasteiger partial charge in [-0.2, -0.15) is 0 Å². The normalized spacial score (nSPS) is 10.2. The van der Waals surface area contributed by atoms with Crippen LogP contribution in [0.1, 0.15) is 18.9 Å². The third-order valence-corrected chi connectivity index (χ3v) is 2.45. The second-order valence-corrected chi connectivity index (χ2v) is 3.49. The first-order chi connectivity index (χ1) is 5.65. The molecular formula is C9H11BrO2. The van der Waals surface area contributed by atoms with E-state index in [0.717, 1.165) is 18.4 Å². The quantitative estimate of drug-likeness (QED) is 0.821. The molecule has 0 aromatic heterocycles. The maximum absolute atomic E-state index is 9.30. The van der Waals surface area contributed by atoms with Gasteiger partial charge in [-0.1, -0.05) is 13.3 Å². The molecule has 12 heavy (non-hydrogen) atoms. The van der Waals surface area contributed by atoms with E-state index in [1.54, 1.807) is 12.1 Å². The first-order valence-electron chi connectivity index (χ1n) is 3.85. The van der Waals surface area contributed by atoms with Crippen LogP contribution in [0, 0.1) is 0 Å². The van der Waals surface area contributed by atoms with Crippen molar-refractivity contribution in [1.29, 1.82) is 0 Å². The van der Waals surface area contributed by atoms with Crippen molar-refractivity contribution in [2.45, 2.75) is 19.8 Å². The highest BCUT2D eigenvalue weighted by Gasteiger charge is 2.05. The van der Waals surface area contributed by atoms with Gasteiger partial charge < -0.3 is 10.2 Å². The van der Waals surface area contributed by atoms with Crippen molar-refractivity contribution in [3.63, 3.8) is 0 Å². The molecule has 0 bridgehead atoms. The number of halogens is 1. The minimum Gasteiger partial charge on any atom is -0.507 e. The Morgan fingerprint density at radius 1 is 1.25 bits per heavy atom. The molecule has 0 aliphatic heterocycles. The van der Waals surface area contributed by atoms with E-state index in [9.17, 15) is 10.2 Å². The summed E-state index contributed by atoms with van der Waals surface area (Å²) in [6.07, 6.45) is 1.87. The minimum atomic E-state index is 0.0958. The topological polar surface area (TPSA) is 40.5 Å². The van der Waals surface area contributed by atoms with Crippen molar-refractivity contribution < 1.29 is 10.2 Å². The van der Waals surface area contributed by atoms with Gasteiger partial charge in [0.2, 0.25) is 0 Å². The summed E-state index contributed by atoms with van der Waals surface area (Å²) in [6, 6.07) is 3.32. The van der Waals surface area contributed by atoms with Crippen LogP contribution in [0.25, 0.3) is 0 Å². The second kappa shape index (κ2) is 3.81. The fourth-order valence-electron chi connectivity index (χ4n) is 1.08. The van der Waals surface area contributed by atoms with Crippen LogP contribution in [0.3, 0.4) is 0 Å². The number of rotatable bonds is 2. The first-order valence-corrected chi connectivity index (χ1v) is 4.64. The van der Waals surface area contributed by atoms with E-state index in [1.807, 2.05) is 0 Å². The molecule has 66 valence electrons. The van der Waals surface area contributed by atoms with E-state index in [0.29, 0.717) is 4.47 Å². The lowest BCUT2D eigenvalue weighted by Crippen LogP contribution is -1.83. The molecular weight excluding hydrogens is 220 g/mol. The average molecular weight is 231 g/mol. The standard InChI is InChI=1S/C9H11BrO2/c1-2-3-6-4-7(11)9(10)8(12)5-6/h4-5,11-12H,2-3H2,1H3. The Morgan fingerprint density at radius 2 is 1.75 bits per heavy atom. The number of aryl methyl sites for hydroxylation is 1. The van der Waals surface area contributed by atoms with Crippen molar-refractivity contribution in [3.8, 4) is 11.5 Å². The summed E-state index contributed by atoms with van der Waals surface area (Å²) < 4.78 is 0.363. The SMILES string of the molecule is CCCc1cc(O)c(Br)c(O)c1. The van der Waals surface area contributed by atoms with Crippen molar-refractivity contribution in [3.05, 3.63) is 22.2 Å². The molecule has 0 atom stereocenters. The monoisotopic (exact) mass is 230 g/mol. The van der Waals surface area contributed by atoms with Crippen LogP contribution in [0.4, 0.5) is 0 Å². The van der Waals surface area contributed by atoms with Gasteiger partial charge >= 0.3 is 0 Å². The van der Waals surface area contributed by atoms with E-state index in [1.165, 1.54) is 0 Å². The first kappa shape index (κ1) is 9.39. The van der Waals surface area contributed by atoms with Gasteiger partial charge in [0.25, 0.3) is 0 Å². The molecule has 2 nitrogen and oxygen atoms in total. The van der Waals surface area contributed by atoms with Gasteiger partial charge in [-0.15, -0.1) is 0 Å². The predicted molar refractivity (Wildman–Crippen MR) is 51.5 cm³/mol. The number of hydrogen-bond donors (Lipinski definition) is 2. The molecule has 0 saturated carbocycles. The highest BCUT2D eigenvalue weighted by molar-refractivity contribution is 9.10. The Hall–Kier alpha value is -0.700. The summed E-state index contributed by atoms with van der Waals surface area (Å²) >= 11 is 3.06. The molecule has 0 amide bonds. The van der Waals surface area contributed by atoms with Crippen LogP contribution in [0.2, 0.25) is 0 Å². The third-order valence-electron chi connectivity index (χ3n) is 1.63. The molecule has 1 aromatic carbocycles. The van der Waals surface area contributed by atoms with Gasteiger partial charge in [0.15, 0.2) is 0 Å². The van der Waals surface area contributed by atoms with Crippen LogP contribution in [-0.2, 0) is 6.42 Å². The second-order valence-electron chi connectivity index (χ2n) is 2.70. The number of phenols is 2. The summed E-state index contributed by atoms with van der Waals surface area (Å²) in [7, 11) is 0. The van der Waals surface area contributed by atoms with Crippen molar-refractivity contribution in [2.75, 3.05) is 0 Å². The Bertz CT molecular complexity index is 261. The molecule has 0 fully saturated rings. The summed E-state index contributed by atoms with van der Waals surface area (Å²) in [5.41, 5.74) is 0.954. The molecule has 0 radical (unpaired) electrons. The van der Waals surface area contributed by atoms with Crippen molar-refractivity contribution in [2.24, 2.45) is 0 Å². The Labute approximate surface area is 80.0 Å². The van der Waals surface area contributed by atoms with Gasteiger partial charge in [0, 0.05) is 0 Å². The Kier molecular flexibility index (Phi) is 2.98. The molecule has 0 aliphatic carbocycles. The summed E-state index contributed by atoms with van der Waals surface area (Å²) in [5.74, 6) is 0.192. The summed E-state index contributed by atoms with van der Waals surface area (Å²) in [4.78, 5) is 0. The molecule has 0 saturated heterocycles. The van der Waals surface area contributed by atoms with Crippen LogP contribution >= 0.6 is 15.9 Å². The van der Waals surface area contributed by atoms with Crippen LogP contribution < -0.4 is 0 Å². The third kappa shape index (κ3) is 1.91. The summed E-state index contributed by atoms with van der Waals surface area (Å²) in [6.45, 7) is 2.05. The number of benzene rings is 1. The number of phenolic OH excluding ortho intramolecular Hbond substituents is 2. The molecule has 0 heterocycles. The Balaban J connectivity index is 3.04. The van der Waals surface area contributed by atoms with E-state index >= 15 is 0 Å². The largest absolute Gasteiger partial charge is 0.507 e. The maximum Gasteiger partial charge on any atom is 0.133 e.